The third-order valence-electron chi connectivity index (χ3n) is 2.46. The number of carboxylic acids is 1. The molecule has 0 saturated carbocycles. The molecule has 0 aliphatic rings. The maximum Gasteiger partial charge on any atom is 0.303 e. The number of hydrogen-bond donors (Lipinski definition) is 1. The molecule has 2 nitrogen and oxygen atoms in total. The Kier molecular flexibility index (Phi) is 6.65. The van der Waals surface area contributed by atoms with E-state index in [4.69, 9.17) is 5.11 Å². The van der Waals surface area contributed by atoms with Crippen molar-refractivity contribution in [3.05, 3.63) is 0 Å². The maximum atomic E-state index is 10.4. The number of rotatable bonds is 7. The Morgan fingerprint density at radius 3 is 2.15 bits per heavy atom. The van der Waals surface area contributed by atoms with Gasteiger partial charge in [0, 0.05) is 6.42 Å². The zero-order valence-corrected chi connectivity index (χ0v) is 9.05. The second kappa shape index (κ2) is 6.93. The Balaban J connectivity index is 3.45. The Morgan fingerprint density at radius 1 is 1.15 bits per heavy atom. The van der Waals surface area contributed by atoms with Gasteiger partial charge in [0.2, 0.25) is 0 Å². The van der Waals surface area contributed by atoms with E-state index in [2.05, 4.69) is 13.8 Å². The molecule has 0 rings (SSSR count). The van der Waals surface area contributed by atoms with Crippen molar-refractivity contribution >= 4 is 5.97 Å². The molecule has 13 heavy (non-hydrogen) atoms. The fourth-order valence-corrected chi connectivity index (χ4v) is 1.61. The van der Waals surface area contributed by atoms with Crippen LogP contribution in [-0.4, -0.2) is 11.1 Å². The maximum absolute atomic E-state index is 10.4. The minimum absolute atomic E-state index is 0.318. The quantitative estimate of drug-likeness (QED) is 0.662. The van der Waals surface area contributed by atoms with Crippen LogP contribution >= 0.6 is 0 Å². The third-order valence-corrected chi connectivity index (χ3v) is 2.46. The molecule has 0 aromatic carbocycles. The molecule has 0 spiro atoms. The van der Waals surface area contributed by atoms with Gasteiger partial charge in [-0.3, -0.25) is 4.79 Å². The molecule has 0 aromatic rings. The first-order chi connectivity index (χ1) is 6.06. The molecule has 1 N–H and O–H groups in total. The van der Waals surface area contributed by atoms with E-state index in [1.165, 1.54) is 19.3 Å². The van der Waals surface area contributed by atoms with Crippen LogP contribution in [-0.2, 0) is 4.79 Å². The van der Waals surface area contributed by atoms with Gasteiger partial charge in [0.05, 0.1) is 0 Å². The zero-order valence-electron chi connectivity index (χ0n) is 9.05. The van der Waals surface area contributed by atoms with Crippen LogP contribution in [0.3, 0.4) is 0 Å². The summed E-state index contributed by atoms with van der Waals surface area (Å²) in [7, 11) is 0. The van der Waals surface area contributed by atoms with Crippen LogP contribution in [0.4, 0.5) is 0 Å². The van der Waals surface area contributed by atoms with Gasteiger partial charge < -0.3 is 5.11 Å². The van der Waals surface area contributed by atoms with Crippen molar-refractivity contribution in [2.24, 2.45) is 11.8 Å². The van der Waals surface area contributed by atoms with E-state index >= 15 is 0 Å². The van der Waals surface area contributed by atoms with Crippen molar-refractivity contribution in [2.45, 2.75) is 52.9 Å². The summed E-state index contributed by atoms with van der Waals surface area (Å²) in [4.78, 5) is 10.4. The normalized spacial score (nSPS) is 15.3. The second-order valence-electron chi connectivity index (χ2n) is 4.17. The topological polar surface area (TPSA) is 37.3 Å². The molecule has 78 valence electrons. The van der Waals surface area contributed by atoms with Gasteiger partial charge in [-0.1, -0.05) is 40.0 Å². The van der Waals surface area contributed by atoms with E-state index in [1.807, 2.05) is 6.92 Å². The standard InChI is InChI=1S/C11H22O2/c1-4-5-9(2)6-7-10(3)8-11(12)13/h9-10H,4-8H2,1-3H3,(H,12,13). The van der Waals surface area contributed by atoms with Crippen LogP contribution in [0.1, 0.15) is 52.9 Å². The summed E-state index contributed by atoms with van der Waals surface area (Å²) in [5, 5.41) is 8.55. The molecule has 0 radical (unpaired) electrons. The van der Waals surface area contributed by atoms with Gasteiger partial charge in [-0.05, 0) is 18.3 Å². The Morgan fingerprint density at radius 2 is 1.69 bits per heavy atom. The highest BCUT2D eigenvalue weighted by molar-refractivity contribution is 5.66. The molecule has 0 aromatic heterocycles. The minimum Gasteiger partial charge on any atom is -0.481 e. The Bertz CT molecular complexity index is 143. The van der Waals surface area contributed by atoms with E-state index in [1.54, 1.807) is 0 Å². The van der Waals surface area contributed by atoms with Gasteiger partial charge >= 0.3 is 5.97 Å². The summed E-state index contributed by atoms with van der Waals surface area (Å²) in [5.41, 5.74) is 0. The fourth-order valence-electron chi connectivity index (χ4n) is 1.61. The third kappa shape index (κ3) is 7.82. The summed E-state index contributed by atoms with van der Waals surface area (Å²) in [6.45, 7) is 6.46. The van der Waals surface area contributed by atoms with Gasteiger partial charge in [0.25, 0.3) is 0 Å². The lowest BCUT2D eigenvalue weighted by Gasteiger charge is -2.13. The van der Waals surface area contributed by atoms with E-state index in [0.717, 1.165) is 12.3 Å². The van der Waals surface area contributed by atoms with Crippen molar-refractivity contribution in [3.8, 4) is 0 Å². The number of aliphatic carboxylic acids is 1. The SMILES string of the molecule is CCCC(C)CCC(C)CC(=O)O. The first kappa shape index (κ1) is 12.5. The molecular weight excluding hydrogens is 164 g/mol. The molecule has 0 bridgehead atoms. The molecule has 2 unspecified atom stereocenters. The Hall–Kier alpha value is -0.530. The smallest absolute Gasteiger partial charge is 0.303 e. The van der Waals surface area contributed by atoms with Crippen LogP contribution in [0, 0.1) is 11.8 Å². The van der Waals surface area contributed by atoms with Crippen molar-refractivity contribution in [3.63, 3.8) is 0 Å². The largest absolute Gasteiger partial charge is 0.481 e. The molecule has 0 heterocycles. The zero-order chi connectivity index (χ0) is 10.3. The van der Waals surface area contributed by atoms with Crippen LogP contribution < -0.4 is 0 Å². The summed E-state index contributed by atoms with van der Waals surface area (Å²) in [6, 6.07) is 0. The van der Waals surface area contributed by atoms with Crippen LogP contribution in [0.2, 0.25) is 0 Å². The number of carboxylic acid groups (broad SMARTS) is 1. The highest BCUT2D eigenvalue weighted by atomic mass is 16.4. The van der Waals surface area contributed by atoms with Crippen molar-refractivity contribution in [2.75, 3.05) is 0 Å². The first-order valence-corrected chi connectivity index (χ1v) is 5.28. The molecule has 0 aliphatic heterocycles. The monoisotopic (exact) mass is 186 g/mol. The highest BCUT2D eigenvalue weighted by Crippen LogP contribution is 2.18. The minimum atomic E-state index is -0.671. The predicted octanol–water partition coefficient (Wildman–Crippen LogP) is 3.31. The first-order valence-electron chi connectivity index (χ1n) is 5.28. The average molecular weight is 186 g/mol. The van der Waals surface area contributed by atoms with Gasteiger partial charge in [-0.15, -0.1) is 0 Å². The number of hydrogen-bond acceptors (Lipinski definition) is 1. The highest BCUT2D eigenvalue weighted by Gasteiger charge is 2.09. The molecule has 0 saturated heterocycles. The average Bonchev–Trinajstić information content (AvgIpc) is 2.00. The van der Waals surface area contributed by atoms with E-state index in [0.29, 0.717) is 12.3 Å². The summed E-state index contributed by atoms with van der Waals surface area (Å²) < 4.78 is 0. The van der Waals surface area contributed by atoms with Crippen molar-refractivity contribution < 1.29 is 9.90 Å². The van der Waals surface area contributed by atoms with E-state index in [-0.39, 0.29) is 0 Å². The second-order valence-corrected chi connectivity index (χ2v) is 4.17. The lowest BCUT2D eigenvalue weighted by Crippen LogP contribution is -2.06. The van der Waals surface area contributed by atoms with Gasteiger partial charge in [-0.2, -0.15) is 0 Å². The van der Waals surface area contributed by atoms with Gasteiger partial charge in [-0.25, -0.2) is 0 Å². The molecule has 2 heteroatoms. The van der Waals surface area contributed by atoms with Gasteiger partial charge in [0.15, 0.2) is 0 Å². The molecule has 0 aliphatic carbocycles. The molecule has 0 amide bonds. The van der Waals surface area contributed by atoms with Crippen LogP contribution in [0.15, 0.2) is 0 Å². The van der Waals surface area contributed by atoms with E-state index in [9.17, 15) is 4.79 Å². The molecule has 0 fully saturated rings. The summed E-state index contributed by atoms with van der Waals surface area (Å²) in [6.07, 6.45) is 5.03. The lowest BCUT2D eigenvalue weighted by atomic mass is 9.93. The lowest BCUT2D eigenvalue weighted by molar-refractivity contribution is -0.138. The molecule has 2 atom stereocenters. The summed E-state index contributed by atoms with van der Waals surface area (Å²) >= 11 is 0. The van der Waals surface area contributed by atoms with Crippen LogP contribution in [0.25, 0.3) is 0 Å². The van der Waals surface area contributed by atoms with Crippen LogP contribution in [0.5, 0.6) is 0 Å². The van der Waals surface area contributed by atoms with Crippen molar-refractivity contribution in [1.29, 1.82) is 0 Å². The Labute approximate surface area is 81.3 Å². The molecular formula is C11H22O2. The summed E-state index contributed by atoms with van der Waals surface area (Å²) in [5.74, 6) is 0.411. The van der Waals surface area contributed by atoms with E-state index < -0.39 is 5.97 Å². The number of carbonyl (C=O) groups is 1. The fraction of sp³-hybridized carbons (Fsp3) is 0.909. The van der Waals surface area contributed by atoms with Crippen molar-refractivity contribution in [1.82, 2.24) is 0 Å². The van der Waals surface area contributed by atoms with Gasteiger partial charge in [0.1, 0.15) is 0 Å². The predicted molar refractivity (Wildman–Crippen MR) is 54.7 cm³/mol.